The molecule has 0 unspecified atom stereocenters. The Morgan fingerprint density at radius 1 is 0.356 bits per heavy atom. The third kappa shape index (κ3) is 4.13. The van der Waals surface area contributed by atoms with Gasteiger partial charge in [0.15, 0.2) is 11.2 Å². The topological polar surface area (TPSA) is 29.5 Å². The largest absolute Gasteiger partial charge is 0.454 e. The van der Waals surface area contributed by atoms with Gasteiger partial charge < -0.3 is 13.7 Å². The minimum absolute atomic E-state index is 0.828. The molecular weight excluding hydrogens is 550 g/mol. The van der Waals surface area contributed by atoms with E-state index in [1.54, 1.807) is 0 Å². The van der Waals surface area contributed by atoms with Crippen LogP contribution in [-0.2, 0) is 0 Å². The Morgan fingerprint density at radius 3 is 1.64 bits per heavy atom. The molecule has 7 aromatic carbocycles. The molecule has 0 N–H and O–H groups in total. The molecule has 0 aliphatic heterocycles. The first-order valence-corrected chi connectivity index (χ1v) is 15.2. The molecule has 9 rings (SSSR count). The van der Waals surface area contributed by atoms with Crippen molar-refractivity contribution in [3.63, 3.8) is 0 Å². The smallest absolute Gasteiger partial charge is 0.159 e. The highest BCUT2D eigenvalue weighted by Crippen LogP contribution is 2.47. The standard InChI is InChI=1S/C42H27NO2/c1-3-13-28(14-4-1)30-17-9-18-31(27-30)43(37-24-11-22-34-33-19-7-8-26-39(33)44-41(34)37)38-25-12-23-36-35-21-10-20-32(40(35)45-42(36)38)29-15-5-2-6-16-29/h1-27H. The van der Waals surface area contributed by atoms with Gasteiger partial charge in [0.25, 0.3) is 0 Å². The number of benzene rings is 7. The molecule has 0 saturated carbocycles. The maximum absolute atomic E-state index is 6.91. The molecule has 9 aromatic rings. The molecular formula is C42H27NO2. The van der Waals surface area contributed by atoms with Crippen molar-refractivity contribution in [2.75, 3.05) is 4.90 Å². The summed E-state index contributed by atoms with van der Waals surface area (Å²) in [5.74, 6) is 0. The molecule has 2 heterocycles. The molecule has 0 aliphatic rings. The fourth-order valence-electron chi connectivity index (χ4n) is 6.60. The molecule has 3 heteroatoms. The van der Waals surface area contributed by atoms with E-state index < -0.39 is 0 Å². The summed E-state index contributed by atoms with van der Waals surface area (Å²) in [7, 11) is 0. The minimum Gasteiger partial charge on any atom is -0.454 e. The molecule has 0 fully saturated rings. The number of rotatable bonds is 5. The molecule has 0 amide bonds. The summed E-state index contributed by atoms with van der Waals surface area (Å²) in [5.41, 5.74) is 10.8. The Morgan fingerprint density at radius 2 is 0.889 bits per heavy atom. The number of fused-ring (bicyclic) bond motifs is 6. The maximum Gasteiger partial charge on any atom is 0.159 e. The minimum atomic E-state index is 0.828. The van der Waals surface area contributed by atoms with Crippen molar-refractivity contribution in [2.45, 2.75) is 0 Å². The highest BCUT2D eigenvalue weighted by molar-refractivity contribution is 6.15. The van der Waals surface area contributed by atoms with Crippen molar-refractivity contribution in [1.82, 2.24) is 0 Å². The lowest BCUT2D eigenvalue weighted by atomic mass is 10.0. The molecule has 45 heavy (non-hydrogen) atoms. The number of furan rings is 2. The third-order valence-electron chi connectivity index (χ3n) is 8.67. The Hall–Kier alpha value is -6.06. The van der Waals surface area contributed by atoms with Gasteiger partial charge in [-0.2, -0.15) is 0 Å². The van der Waals surface area contributed by atoms with Gasteiger partial charge in [0.05, 0.1) is 11.4 Å². The summed E-state index contributed by atoms with van der Waals surface area (Å²) >= 11 is 0. The van der Waals surface area contributed by atoms with Crippen LogP contribution in [0.4, 0.5) is 17.1 Å². The second kappa shape index (κ2) is 10.3. The molecule has 0 bridgehead atoms. The van der Waals surface area contributed by atoms with Crippen LogP contribution in [0.5, 0.6) is 0 Å². The van der Waals surface area contributed by atoms with Crippen LogP contribution in [0, 0.1) is 0 Å². The monoisotopic (exact) mass is 577 g/mol. The first kappa shape index (κ1) is 25.4. The van der Waals surface area contributed by atoms with Crippen LogP contribution in [0.2, 0.25) is 0 Å². The van der Waals surface area contributed by atoms with E-state index in [4.69, 9.17) is 8.83 Å². The molecule has 0 spiro atoms. The summed E-state index contributed by atoms with van der Waals surface area (Å²) in [6.45, 7) is 0. The van der Waals surface area contributed by atoms with Gasteiger partial charge in [-0.1, -0.05) is 133 Å². The molecule has 0 aliphatic carbocycles. The summed E-state index contributed by atoms with van der Waals surface area (Å²) in [6.07, 6.45) is 0. The van der Waals surface area contributed by atoms with Crippen LogP contribution < -0.4 is 4.90 Å². The van der Waals surface area contributed by atoms with Crippen molar-refractivity contribution in [2.24, 2.45) is 0 Å². The first-order valence-electron chi connectivity index (χ1n) is 15.2. The number of para-hydroxylation sites is 4. The average molecular weight is 578 g/mol. The second-order valence-electron chi connectivity index (χ2n) is 11.3. The molecule has 3 nitrogen and oxygen atoms in total. The highest BCUT2D eigenvalue weighted by atomic mass is 16.3. The Bertz CT molecular complexity index is 2490. The van der Waals surface area contributed by atoms with E-state index in [1.807, 2.05) is 24.3 Å². The van der Waals surface area contributed by atoms with Gasteiger partial charge in [0.2, 0.25) is 0 Å². The normalized spacial score (nSPS) is 11.6. The molecule has 0 radical (unpaired) electrons. The Labute approximate surface area is 260 Å². The van der Waals surface area contributed by atoms with Crippen LogP contribution in [0.15, 0.2) is 173 Å². The van der Waals surface area contributed by atoms with Crippen LogP contribution >= 0.6 is 0 Å². The van der Waals surface area contributed by atoms with E-state index in [9.17, 15) is 0 Å². The molecule has 0 atom stereocenters. The average Bonchev–Trinajstić information content (AvgIpc) is 3.69. The van der Waals surface area contributed by atoms with E-state index in [-0.39, 0.29) is 0 Å². The summed E-state index contributed by atoms with van der Waals surface area (Å²) in [6, 6.07) is 57.0. The van der Waals surface area contributed by atoms with Gasteiger partial charge in [-0.3, -0.25) is 0 Å². The molecule has 2 aromatic heterocycles. The van der Waals surface area contributed by atoms with Gasteiger partial charge in [0, 0.05) is 32.8 Å². The van der Waals surface area contributed by atoms with Crippen molar-refractivity contribution in [3.8, 4) is 22.3 Å². The zero-order valence-corrected chi connectivity index (χ0v) is 24.4. The lowest BCUT2D eigenvalue weighted by Crippen LogP contribution is -2.10. The van der Waals surface area contributed by atoms with Crippen molar-refractivity contribution in [1.29, 1.82) is 0 Å². The lowest BCUT2D eigenvalue weighted by molar-refractivity contribution is 0.666. The first-order chi connectivity index (χ1) is 22.3. The predicted molar refractivity (Wildman–Crippen MR) is 187 cm³/mol. The molecule has 0 saturated heterocycles. The van der Waals surface area contributed by atoms with Crippen LogP contribution in [-0.4, -0.2) is 0 Å². The van der Waals surface area contributed by atoms with Crippen molar-refractivity contribution < 1.29 is 8.83 Å². The SMILES string of the molecule is c1ccc(-c2cccc(N(c3cccc4c3oc3ccccc34)c3cccc4c3oc3c(-c5ccccc5)cccc34)c2)cc1. The third-order valence-corrected chi connectivity index (χ3v) is 8.67. The Kier molecular flexibility index (Phi) is 5.82. The van der Waals surface area contributed by atoms with Gasteiger partial charge in [-0.05, 0) is 47.0 Å². The number of hydrogen-bond donors (Lipinski definition) is 0. The quantitative estimate of drug-likeness (QED) is 0.204. The summed E-state index contributed by atoms with van der Waals surface area (Å²) < 4.78 is 13.5. The van der Waals surface area contributed by atoms with Gasteiger partial charge >= 0.3 is 0 Å². The van der Waals surface area contributed by atoms with E-state index in [0.29, 0.717) is 0 Å². The van der Waals surface area contributed by atoms with Gasteiger partial charge in [-0.25, -0.2) is 0 Å². The number of hydrogen-bond acceptors (Lipinski definition) is 3. The summed E-state index contributed by atoms with van der Waals surface area (Å²) in [4.78, 5) is 2.28. The van der Waals surface area contributed by atoms with E-state index in [0.717, 1.165) is 83.2 Å². The van der Waals surface area contributed by atoms with Gasteiger partial charge in [0.1, 0.15) is 11.2 Å². The van der Waals surface area contributed by atoms with Crippen molar-refractivity contribution >= 4 is 60.9 Å². The zero-order valence-electron chi connectivity index (χ0n) is 24.4. The van der Waals surface area contributed by atoms with Crippen LogP contribution in [0.1, 0.15) is 0 Å². The summed E-state index contributed by atoms with van der Waals surface area (Å²) in [5, 5.41) is 4.34. The van der Waals surface area contributed by atoms with Crippen LogP contribution in [0.25, 0.3) is 66.1 Å². The fourth-order valence-corrected chi connectivity index (χ4v) is 6.60. The lowest BCUT2D eigenvalue weighted by Gasteiger charge is -2.26. The number of anilines is 3. The zero-order chi connectivity index (χ0) is 29.7. The van der Waals surface area contributed by atoms with E-state index in [2.05, 4.69) is 144 Å². The van der Waals surface area contributed by atoms with Crippen molar-refractivity contribution in [3.05, 3.63) is 164 Å². The highest BCUT2D eigenvalue weighted by Gasteiger charge is 2.24. The number of nitrogens with zero attached hydrogens (tertiary/aromatic N) is 1. The molecule has 212 valence electrons. The maximum atomic E-state index is 6.91. The second-order valence-corrected chi connectivity index (χ2v) is 11.3. The predicted octanol–water partition coefficient (Wildman–Crippen LogP) is 12.3. The van der Waals surface area contributed by atoms with Gasteiger partial charge in [-0.15, -0.1) is 0 Å². The van der Waals surface area contributed by atoms with E-state index >= 15 is 0 Å². The Balaban J connectivity index is 1.34. The fraction of sp³-hybridized carbons (Fsp3) is 0. The van der Waals surface area contributed by atoms with Crippen LogP contribution in [0.3, 0.4) is 0 Å². The van der Waals surface area contributed by atoms with E-state index in [1.165, 1.54) is 0 Å².